The van der Waals surface area contributed by atoms with Gasteiger partial charge in [-0.1, -0.05) is 0 Å². The molecule has 2 heterocycles. The number of imidazole rings is 1. The number of nitrogens with two attached hydrogens (primary N) is 1. The van der Waals surface area contributed by atoms with Gasteiger partial charge >= 0.3 is 0 Å². The van der Waals surface area contributed by atoms with E-state index in [-0.39, 0.29) is 0 Å². The highest BCUT2D eigenvalue weighted by atomic mass is 15.2. The summed E-state index contributed by atoms with van der Waals surface area (Å²) in [5, 5.41) is 0. The molecule has 0 spiro atoms. The fourth-order valence-electron chi connectivity index (χ4n) is 1.86. The minimum absolute atomic E-state index is 0.493. The summed E-state index contributed by atoms with van der Waals surface area (Å²) >= 11 is 0. The van der Waals surface area contributed by atoms with Crippen LogP contribution < -0.4 is 5.73 Å². The number of hydrogen-bond donors (Lipinski definition) is 1. The summed E-state index contributed by atoms with van der Waals surface area (Å²) in [7, 11) is 0. The van der Waals surface area contributed by atoms with E-state index in [0.717, 1.165) is 17.0 Å². The van der Waals surface area contributed by atoms with E-state index in [1.165, 1.54) is 12.8 Å². The molecular formula is C10H12N4. The second-order valence-electron chi connectivity index (χ2n) is 3.68. The molecule has 1 saturated carbocycles. The molecule has 4 nitrogen and oxygen atoms in total. The molecule has 0 aromatic carbocycles. The average molecular weight is 188 g/mol. The largest absolute Gasteiger partial charge is 0.324 e. The van der Waals surface area contributed by atoms with E-state index in [1.54, 1.807) is 6.20 Å². The van der Waals surface area contributed by atoms with E-state index < -0.39 is 0 Å². The third kappa shape index (κ3) is 1.04. The molecule has 4 heteroatoms. The van der Waals surface area contributed by atoms with E-state index >= 15 is 0 Å². The molecule has 2 aromatic heterocycles. The van der Waals surface area contributed by atoms with Crippen molar-refractivity contribution < 1.29 is 0 Å². The molecule has 0 bridgehead atoms. The molecule has 2 aromatic rings. The zero-order valence-corrected chi connectivity index (χ0v) is 7.85. The lowest BCUT2D eigenvalue weighted by molar-refractivity contribution is 0.701. The third-order valence-electron chi connectivity index (χ3n) is 2.63. The van der Waals surface area contributed by atoms with Gasteiger partial charge in [0.25, 0.3) is 0 Å². The van der Waals surface area contributed by atoms with E-state index in [2.05, 4.69) is 20.6 Å². The van der Waals surface area contributed by atoms with Gasteiger partial charge in [-0.3, -0.25) is 0 Å². The van der Waals surface area contributed by atoms with Crippen LogP contribution in [0.4, 0.5) is 0 Å². The third-order valence-corrected chi connectivity index (χ3v) is 2.63. The predicted molar refractivity (Wildman–Crippen MR) is 53.7 cm³/mol. The van der Waals surface area contributed by atoms with Crippen LogP contribution >= 0.6 is 0 Å². The van der Waals surface area contributed by atoms with Crippen LogP contribution in [0.15, 0.2) is 18.3 Å². The molecule has 0 saturated heterocycles. The minimum atomic E-state index is 0.493. The van der Waals surface area contributed by atoms with Crippen molar-refractivity contribution in [3.05, 3.63) is 24.2 Å². The highest BCUT2D eigenvalue weighted by molar-refractivity contribution is 5.71. The Morgan fingerprint density at radius 1 is 1.50 bits per heavy atom. The maximum absolute atomic E-state index is 5.67. The number of rotatable bonds is 2. The Bertz CT molecular complexity index is 470. The lowest BCUT2D eigenvalue weighted by Crippen LogP contribution is -2.06. The topological polar surface area (TPSA) is 56.7 Å². The number of pyridine rings is 1. The van der Waals surface area contributed by atoms with Crippen molar-refractivity contribution in [3.63, 3.8) is 0 Å². The molecule has 0 aliphatic heterocycles. The van der Waals surface area contributed by atoms with Gasteiger partial charge in [-0.05, 0) is 25.0 Å². The van der Waals surface area contributed by atoms with Crippen LogP contribution in [-0.4, -0.2) is 14.5 Å². The highest BCUT2D eigenvalue weighted by Crippen LogP contribution is 2.38. The van der Waals surface area contributed by atoms with Gasteiger partial charge < -0.3 is 10.3 Å². The number of hydrogen-bond acceptors (Lipinski definition) is 3. The van der Waals surface area contributed by atoms with Crippen LogP contribution in [0.3, 0.4) is 0 Å². The van der Waals surface area contributed by atoms with Crippen LogP contribution in [0.25, 0.3) is 11.2 Å². The quantitative estimate of drug-likeness (QED) is 0.771. The van der Waals surface area contributed by atoms with Crippen molar-refractivity contribution in [2.45, 2.75) is 25.4 Å². The van der Waals surface area contributed by atoms with E-state index in [9.17, 15) is 0 Å². The van der Waals surface area contributed by atoms with Crippen molar-refractivity contribution in [2.24, 2.45) is 5.73 Å². The van der Waals surface area contributed by atoms with Gasteiger partial charge in [0, 0.05) is 12.2 Å². The predicted octanol–water partition coefficient (Wildman–Crippen LogP) is 1.22. The Morgan fingerprint density at radius 3 is 3.07 bits per heavy atom. The standard InChI is InChI=1S/C10H12N4/c11-6-9-13-10-8(2-1-5-12-10)14(9)7-3-4-7/h1-2,5,7H,3-4,6,11H2. The van der Waals surface area contributed by atoms with Crippen molar-refractivity contribution in [2.75, 3.05) is 0 Å². The molecule has 14 heavy (non-hydrogen) atoms. The summed E-state index contributed by atoms with van der Waals surface area (Å²) in [5.41, 5.74) is 7.61. The van der Waals surface area contributed by atoms with Gasteiger partial charge in [-0.15, -0.1) is 0 Å². The zero-order chi connectivity index (χ0) is 9.54. The van der Waals surface area contributed by atoms with Crippen LogP contribution in [0.1, 0.15) is 24.7 Å². The Hall–Kier alpha value is -1.42. The number of aromatic nitrogens is 3. The molecule has 3 rings (SSSR count). The Labute approximate surface area is 81.8 Å². The lowest BCUT2D eigenvalue weighted by Gasteiger charge is -2.04. The summed E-state index contributed by atoms with van der Waals surface area (Å²) in [6.07, 6.45) is 4.26. The van der Waals surface area contributed by atoms with Gasteiger partial charge in [-0.25, -0.2) is 9.97 Å². The first-order valence-corrected chi connectivity index (χ1v) is 4.92. The molecular weight excluding hydrogens is 176 g/mol. The Balaban J connectivity index is 2.29. The molecule has 2 N–H and O–H groups in total. The van der Waals surface area contributed by atoms with Crippen LogP contribution in [-0.2, 0) is 6.54 Å². The molecule has 72 valence electrons. The molecule has 0 atom stereocenters. The van der Waals surface area contributed by atoms with Crippen molar-refractivity contribution in [1.82, 2.24) is 14.5 Å². The summed E-state index contributed by atoms with van der Waals surface area (Å²) in [6.45, 7) is 0.493. The summed E-state index contributed by atoms with van der Waals surface area (Å²) in [6, 6.07) is 4.62. The van der Waals surface area contributed by atoms with Crippen LogP contribution in [0.5, 0.6) is 0 Å². The summed E-state index contributed by atoms with van der Waals surface area (Å²) < 4.78 is 2.24. The van der Waals surface area contributed by atoms with Crippen molar-refractivity contribution >= 4 is 11.2 Å². The first-order valence-electron chi connectivity index (χ1n) is 4.92. The van der Waals surface area contributed by atoms with Gasteiger partial charge in [-0.2, -0.15) is 0 Å². The van der Waals surface area contributed by atoms with E-state index in [4.69, 9.17) is 5.73 Å². The van der Waals surface area contributed by atoms with Crippen LogP contribution in [0.2, 0.25) is 0 Å². The normalized spacial score (nSPS) is 16.4. The van der Waals surface area contributed by atoms with Crippen LogP contribution in [0, 0.1) is 0 Å². The molecule has 1 fully saturated rings. The molecule has 0 radical (unpaired) electrons. The number of fused-ring (bicyclic) bond motifs is 1. The molecule has 0 amide bonds. The number of nitrogens with zero attached hydrogens (tertiary/aromatic N) is 3. The second-order valence-corrected chi connectivity index (χ2v) is 3.68. The fraction of sp³-hybridized carbons (Fsp3) is 0.400. The lowest BCUT2D eigenvalue weighted by atomic mass is 10.4. The van der Waals surface area contributed by atoms with E-state index in [1.807, 2.05) is 6.07 Å². The minimum Gasteiger partial charge on any atom is -0.324 e. The van der Waals surface area contributed by atoms with Gasteiger partial charge in [0.1, 0.15) is 5.82 Å². The van der Waals surface area contributed by atoms with Crippen molar-refractivity contribution in [3.8, 4) is 0 Å². The van der Waals surface area contributed by atoms with Gasteiger partial charge in [0.15, 0.2) is 5.65 Å². The highest BCUT2D eigenvalue weighted by Gasteiger charge is 2.27. The van der Waals surface area contributed by atoms with Gasteiger partial charge in [0.05, 0.1) is 12.1 Å². The first kappa shape index (κ1) is 7.94. The zero-order valence-electron chi connectivity index (χ0n) is 7.85. The Morgan fingerprint density at radius 2 is 2.36 bits per heavy atom. The van der Waals surface area contributed by atoms with Gasteiger partial charge in [0.2, 0.25) is 0 Å². The summed E-state index contributed by atoms with van der Waals surface area (Å²) in [5.74, 6) is 0.959. The second kappa shape index (κ2) is 2.78. The Kier molecular flexibility index (Phi) is 1.58. The molecule has 1 aliphatic carbocycles. The fourth-order valence-corrected chi connectivity index (χ4v) is 1.86. The van der Waals surface area contributed by atoms with Crippen molar-refractivity contribution in [1.29, 1.82) is 0 Å². The molecule has 0 unspecified atom stereocenters. The SMILES string of the molecule is NCc1nc2ncccc2n1C1CC1. The average Bonchev–Trinajstić information content (AvgIpc) is 2.98. The first-order chi connectivity index (χ1) is 6.90. The summed E-state index contributed by atoms with van der Waals surface area (Å²) in [4.78, 5) is 8.65. The smallest absolute Gasteiger partial charge is 0.177 e. The maximum atomic E-state index is 5.67. The maximum Gasteiger partial charge on any atom is 0.177 e. The molecule has 1 aliphatic rings. The monoisotopic (exact) mass is 188 g/mol. The van der Waals surface area contributed by atoms with E-state index in [0.29, 0.717) is 12.6 Å².